The molecule has 0 saturated heterocycles. The molecule has 1 aromatic carbocycles. The summed E-state index contributed by atoms with van der Waals surface area (Å²) in [6, 6.07) is 5.87. The van der Waals surface area contributed by atoms with Crippen molar-refractivity contribution in [1.29, 1.82) is 0 Å². The number of anilines is 2. The summed E-state index contributed by atoms with van der Waals surface area (Å²) in [7, 11) is 1.95. The molecular formula is C12H17N5. The molecule has 2 aromatic rings. The number of nitrogens with one attached hydrogen (secondary N) is 1. The first-order chi connectivity index (χ1) is 8.16. The van der Waals surface area contributed by atoms with E-state index in [0.29, 0.717) is 0 Å². The van der Waals surface area contributed by atoms with Crippen LogP contribution in [-0.2, 0) is 13.5 Å². The summed E-state index contributed by atoms with van der Waals surface area (Å²) in [6.45, 7) is 2.88. The van der Waals surface area contributed by atoms with Gasteiger partial charge in [0, 0.05) is 31.4 Å². The van der Waals surface area contributed by atoms with Crippen molar-refractivity contribution in [2.45, 2.75) is 13.3 Å². The summed E-state index contributed by atoms with van der Waals surface area (Å²) < 4.78 is 1.92. The smallest absolute Gasteiger partial charge is 0.134 e. The first-order valence-corrected chi connectivity index (χ1v) is 5.59. The Kier molecular flexibility index (Phi) is 3.27. The van der Waals surface area contributed by atoms with Gasteiger partial charge in [0.05, 0.1) is 0 Å². The average Bonchev–Trinajstić information content (AvgIpc) is 2.70. The molecule has 0 amide bonds. The van der Waals surface area contributed by atoms with Gasteiger partial charge in [-0.3, -0.25) is 0 Å². The quantitative estimate of drug-likeness (QED) is 0.780. The summed E-state index contributed by atoms with van der Waals surface area (Å²) in [5.74, 6) is 0.971. The van der Waals surface area contributed by atoms with Gasteiger partial charge in [-0.1, -0.05) is 6.07 Å². The highest BCUT2D eigenvalue weighted by Crippen LogP contribution is 2.17. The van der Waals surface area contributed by atoms with Crippen molar-refractivity contribution in [3.63, 3.8) is 0 Å². The molecule has 0 aliphatic carbocycles. The summed E-state index contributed by atoms with van der Waals surface area (Å²) in [5, 5.41) is 11.2. The molecule has 0 radical (unpaired) electrons. The van der Waals surface area contributed by atoms with Crippen LogP contribution in [0, 0.1) is 6.92 Å². The predicted molar refractivity (Wildman–Crippen MR) is 68.8 cm³/mol. The highest BCUT2D eigenvalue weighted by atomic mass is 15.2. The molecule has 17 heavy (non-hydrogen) atoms. The highest BCUT2D eigenvalue weighted by Gasteiger charge is 2.01. The molecule has 0 fully saturated rings. The molecule has 0 atom stereocenters. The minimum atomic E-state index is 0.775. The molecule has 0 unspecified atom stereocenters. The summed E-state index contributed by atoms with van der Waals surface area (Å²) in [4.78, 5) is 0. The van der Waals surface area contributed by atoms with Gasteiger partial charge in [-0.05, 0) is 24.6 Å². The Labute approximate surface area is 101 Å². The average molecular weight is 231 g/mol. The lowest BCUT2D eigenvalue weighted by molar-refractivity contribution is 0.788. The number of nitrogen functional groups attached to an aromatic ring is 1. The molecule has 0 aliphatic heterocycles. The second-order valence-corrected chi connectivity index (χ2v) is 4.11. The molecule has 0 spiro atoms. The van der Waals surface area contributed by atoms with Crippen molar-refractivity contribution >= 4 is 11.4 Å². The number of nitrogens with zero attached hydrogens (tertiary/aromatic N) is 3. The lowest BCUT2D eigenvalue weighted by atomic mass is 10.2. The monoisotopic (exact) mass is 231 g/mol. The topological polar surface area (TPSA) is 68.8 Å². The van der Waals surface area contributed by atoms with E-state index in [1.54, 1.807) is 6.33 Å². The fourth-order valence-electron chi connectivity index (χ4n) is 1.67. The lowest BCUT2D eigenvalue weighted by Crippen LogP contribution is -2.09. The Morgan fingerprint density at radius 1 is 1.41 bits per heavy atom. The number of nitrogens with two attached hydrogens (primary N) is 1. The van der Waals surface area contributed by atoms with Crippen molar-refractivity contribution in [3.8, 4) is 0 Å². The largest absolute Gasteiger partial charge is 0.399 e. The highest BCUT2D eigenvalue weighted by molar-refractivity contribution is 5.59. The number of rotatable bonds is 4. The SMILES string of the molecule is Cc1ccc(N)cc1NCCc1nncn1C. The molecular weight excluding hydrogens is 214 g/mol. The van der Waals surface area contributed by atoms with Gasteiger partial charge < -0.3 is 15.6 Å². The summed E-state index contributed by atoms with van der Waals surface area (Å²) in [5.41, 5.74) is 8.79. The zero-order valence-electron chi connectivity index (χ0n) is 10.1. The molecule has 3 N–H and O–H groups in total. The van der Waals surface area contributed by atoms with Crippen LogP contribution in [0.4, 0.5) is 11.4 Å². The van der Waals surface area contributed by atoms with Gasteiger partial charge in [-0.25, -0.2) is 0 Å². The second-order valence-electron chi connectivity index (χ2n) is 4.11. The predicted octanol–water partition coefficient (Wildman–Crippen LogP) is 1.36. The Bertz CT molecular complexity index is 503. The second kappa shape index (κ2) is 4.86. The number of aromatic nitrogens is 3. The first-order valence-electron chi connectivity index (χ1n) is 5.59. The van der Waals surface area contributed by atoms with Crippen LogP contribution in [0.1, 0.15) is 11.4 Å². The van der Waals surface area contributed by atoms with Crippen molar-refractivity contribution in [1.82, 2.24) is 14.8 Å². The van der Waals surface area contributed by atoms with Crippen LogP contribution in [0.2, 0.25) is 0 Å². The molecule has 1 aromatic heterocycles. The lowest BCUT2D eigenvalue weighted by Gasteiger charge is -2.09. The van der Waals surface area contributed by atoms with E-state index in [4.69, 9.17) is 5.73 Å². The maximum atomic E-state index is 5.75. The molecule has 1 heterocycles. The van der Waals surface area contributed by atoms with Gasteiger partial charge in [0.25, 0.3) is 0 Å². The van der Waals surface area contributed by atoms with E-state index in [1.165, 1.54) is 5.56 Å². The molecule has 0 saturated carbocycles. The normalized spacial score (nSPS) is 10.5. The van der Waals surface area contributed by atoms with Crippen LogP contribution in [-0.4, -0.2) is 21.3 Å². The Morgan fingerprint density at radius 3 is 2.94 bits per heavy atom. The Hall–Kier alpha value is -2.04. The summed E-state index contributed by atoms with van der Waals surface area (Å²) >= 11 is 0. The Balaban J connectivity index is 1.94. The molecule has 0 bridgehead atoms. The zero-order valence-corrected chi connectivity index (χ0v) is 10.1. The van der Waals surface area contributed by atoms with E-state index in [-0.39, 0.29) is 0 Å². The molecule has 0 aliphatic rings. The number of hydrogen-bond donors (Lipinski definition) is 2. The van der Waals surface area contributed by atoms with E-state index in [2.05, 4.69) is 22.4 Å². The van der Waals surface area contributed by atoms with Crippen LogP contribution < -0.4 is 11.1 Å². The summed E-state index contributed by atoms with van der Waals surface area (Å²) in [6.07, 6.45) is 2.55. The first kappa shape index (κ1) is 11.4. The van der Waals surface area contributed by atoms with Gasteiger partial charge >= 0.3 is 0 Å². The van der Waals surface area contributed by atoms with E-state index < -0.39 is 0 Å². The third kappa shape index (κ3) is 2.75. The van der Waals surface area contributed by atoms with Crippen LogP contribution in [0.15, 0.2) is 24.5 Å². The van der Waals surface area contributed by atoms with Crippen molar-refractivity contribution in [2.75, 3.05) is 17.6 Å². The number of aryl methyl sites for hydroxylation is 2. The van der Waals surface area contributed by atoms with E-state index in [0.717, 1.165) is 30.2 Å². The molecule has 5 heteroatoms. The van der Waals surface area contributed by atoms with Crippen molar-refractivity contribution < 1.29 is 0 Å². The van der Waals surface area contributed by atoms with Crippen LogP contribution in [0.3, 0.4) is 0 Å². The fraction of sp³-hybridized carbons (Fsp3) is 0.333. The fourth-order valence-corrected chi connectivity index (χ4v) is 1.67. The third-order valence-electron chi connectivity index (χ3n) is 2.73. The van der Waals surface area contributed by atoms with E-state index in [9.17, 15) is 0 Å². The van der Waals surface area contributed by atoms with Gasteiger partial charge in [0.1, 0.15) is 12.2 Å². The molecule has 5 nitrogen and oxygen atoms in total. The van der Waals surface area contributed by atoms with Crippen LogP contribution in [0.5, 0.6) is 0 Å². The van der Waals surface area contributed by atoms with Crippen LogP contribution >= 0.6 is 0 Å². The Morgan fingerprint density at radius 2 is 2.24 bits per heavy atom. The van der Waals surface area contributed by atoms with Gasteiger partial charge in [-0.2, -0.15) is 0 Å². The van der Waals surface area contributed by atoms with Crippen molar-refractivity contribution in [2.24, 2.45) is 7.05 Å². The zero-order chi connectivity index (χ0) is 12.3. The van der Waals surface area contributed by atoms with Crippen LogP contribution in [0.25, 0.3) is 0 Å². The van der Waals surface area contributed by atoms with Crippen molar-refractivity contribution in [3.05, 3.63) is 35.9 Å². The standard InChI is InChI=1S/C12H17N5/c1-9-3-4-10(13)7-11(9)14-6-5-12-16-15-8-17(12)2/h3-4,7-8,14H,5-6,13H2,1-2H3. The number of hydrogen-bond acceptors (Lipinski definition) is 4. The number of benzene rings is 1. The van der Waals surface area contributed by atoms with Gasteiger partial charge in [-0.15, -0.1) is 10.2 Å². The van der Waals surface area contributed by atoms with E-state index >= 15 is 0 Å². The maximum Gasteiger partial charge on any atom is 0.134 e. The molecule has 2 rings (SSSR count). The minimum absolute atomic E-state index is 0.775. The van der Waals surface area contributed by atoms with E-state index in [1.807, 2.05) is 29.8 Å². The third-order valence-corrected chi connectivity index (χ3v) is 2.73. The molecule has 90 valence electrons. The minimum Gasteiger partial charge on any atom is -0.399 e. The van der Waals surface area contributed by atoms with Gasteiger partial charge in [0.2, 0.25) is 0 Å². The van der Waals surface area contributed by atoms with Gasteiger partial charge in [0.15, 0.2) is 0 Å². The maximum absolute atomic E-state index is 5.75.